The number of hydrogen-bond acceptors (Lipinski definition) is 8. The molecule has 1 unspecified atom stereocenters. The molecule has 5 aliphatic rings. The summed E-state index contributed by atoms with van der Waals surface area (Å²) < 4.78 is 56.4. The zero-order valence-corrected chi connectivity index (χ0v) is 35.4. The van der Waals surface area contributed by atoms with E-state index in [1.807, 2.05) is 38.8 Å². The summed E-state index contributed by atoms with van der Waals surface area (Å²) in [6.07, 6.45) is 10.1. The van der Waals surface area contributed by atoms with Crippen LogP contribution in [0.4, 0.5) is 0 Å². The van der Waals surface area contributed by atoms with E-state index in [-0.39, 0.29) is 41.0 Å². The zero-order valence-electron chi connectivity index (χ0n) is 33.7. The predicted octanol–water partition coefficient (Wildman–Crippen LogP) is 5.80. The van der Waals surface area contributed by atoms with Crippen molar-refractivity contribution < 1.29 is 26.4 Å². The number of sulfonamides is 2. The number of carbonyl (C=O) groups is 2. The predicted molar refractivity (Wildman–Crippen MR) is 225 cm³/mol. The minimum atomic E-state index is -3.52. The normalized spacial score (nSPS) is 22.4. The Labute approximate surface area is 342 Å². The van der Waals surface area contributed by atoms with Gasteiger partial charge in [-0.05, 0) is 91.0 Å². The van der Waals surface area contributed by atoms with E-state index in [1.165, 1.54) is 0 Å². The summed E-state index contributed by atoms with van der Waals surface area (Å²) in [4.78, 5) is 44.1. The maximum absolute atomic E-state index is 13.8. The van der Waals surface area contributed by atoms with Crippen LogP contribution in [0, 0.1) is 11.8 Å². The van der Waals surface area contributed by atoms with Crippen LogP contribution in [0.5, 0.6) is 0 Å². The van der Waals surface area contributed by atoms with Gasteiger partial charge < -0.3 is 14.8 Å². The Balaban J connectivity index is 0.883. The van der Waals surface area contributed by atoms with E-state index in [0.29, 0.717) is 51.0 Å². The van der Waals surface area contributed by atoms with Crippen molar-refractivity contribution in [1.82, 2.24) is 29.2 Å². The average molecular weight is 830 g/mol. The monoisotopic (exact) mass is 829 g/mol. The summed E-state index contributed by atoms with van der Waals surface area (Å²) in [5.41, 5.74) is 7.03. The van der Waals surface area contributed by atoms with Crippen LogP contribution in [0.3, 0.4) is 0 Å². The molecule has 3 aromatic rings. The maximum atomic E-state index is 13.8. The molecular formula is C43H55N7O6S2. The highest BCUT2D eigenvalue weighted by molar-refractivity contribution is 7.90. The minimum absolute atomic E-state index is 0.145. The second kappa shape index (κ2) is 16.1. The van der Waals surface area contributed by atoms with Crippen molar-refractivity contribution >= 4 is 43.1 Å². The minimum Gasteiger partial charge on any atom is -0.340 e. The maximum Gasteiger partial charge on any atom is 0.241 e. The van der Waals surface area contributed by atoms with Crippen molar-refractivity contribution in [3.05, 3.63) is 72.3 Å². The molecule has 2 aromatic carbocycles. The fourth-order valence-corrected chi connectivity index (χ4v) is 11.8. The lowest BCUT2D eigenvalue weighted by Crippen LogP contribution is -2.54. The molecule has 3 aliphatic heterocycles. The fourth-order valence-electron chi connectivity index (χ4n) is 8.49. The molecule has 1 aromatic heterocycles. The average Bonchev–Trinajstić information content (AvgIpc) is 3.99. The lowest BCUT2D eigenvalue weighted by molar-refractivity contribution is -0.135. The highest BCUT2D eigenvalue weighted by atomic mass is 32.2. The smallest absolute Gasteiger partial charge is 0.241 e. The second-order valence-corrected chi connectivity index (χ2v) is 21.3. The van der Waals surface area contributed by atoms with Crippen LogP contribution in [0.1, 0.15) is 103 Å². The Morgan fingerprint density at radius 3 is 1.64 bits per heavy atom. The number of rotatable bonds is 15. The van der Waals surface area contributed by atoms with Crippen LogP contribution >= 0.6 is 0 Å². The molecule has 2 saturated heterocycles. The molecule has 310 valence electrons. The molecule has 0 spiro atoms. The molecule has 4 heterocycles. The molecule has 0 radical (unpaired) electrons. The van der Waals surface area contributed by atoms with Gasteiger partial charge in [-0.1, -0.05) is 76.2 Å². The van der Waals surface area contributed by atoms with Crippen LogP contribution < -0.4 is 9.44 Å². The van der Waals surface area contributed by atoms with Gasteiger partial charge in [-0.25, -0.2) is 31.3 Å². The van der Waals surface area contributed by atoms with Crippen molar-refractivity contribution in [2.45, 2.75) is 120 Å². The number of carbonyl (C=O) groups excluding carboxylic acids is 2. The van der Waals surface area contributed by atoms with Crippen molar-refractivity contribution in [1.29, 1.82) is 0 Å². The Morgan fingerprint density at radius 2 is 1.14 bits per heavy atom. The third-order valence-electron chi connectivity index (χ3n) is 12.3. The summed E-state index contributed by atoms with van der Waals surface area (Å²) in [6.45, 7) is 8.66. The number of aromatic nitrogens is 2. The van der Waals surface area contributed by atoms with Crippen molar-refractivity contribution in [2.75, 3.05) is 13.1 Å². The lowest BCUT2D eigenvalue weighted by Gasteiger charge is -2.31. The van der Waals surface area contributed by atoms with Crippen LogP contribution in [0.2, 0.25) is 0 Å². The molecular weight excluding hydrogens is 775 g/mol. The van der Waals surface area contributed by atoms with Gasteiger partial charge in [-0.15, -0.1) is 0 Å². The SMILES string of the molecule is CC(C)[C@H](NS(=O)(=O)C1CC1)C(=O)N1CCCC1c1ncc(-c2ccc(-c3ccc(C4=CN=C([C@@H]5CCCN5C(=O)[C@@H](NS(=O)(=O)C5CC5)C(C)C)C4)cc3)cc2)[nH]1. The van der Waals surface area contributed by atoms with E-state index < -0.39 is 37.4 Å². The van der Waals surface area contributed by atoms with Gasteiger partial charge >= 0.3 is 0 Å². The molecule has 13 nitrogen and oxygen atoms in total. The van der Waals surface area contributed by atoms with E-state index in [1.54, 1.807) is 11.1 Å². The molecule has 15 heteroatoms. The van der Waals surface area contributed by atoms with Crippen LogP contribution in [0.15, 0.2) is 65.9 Å². The van der Waals surface area contributed by atoms with E-state index in [2.05, 4.69) is 67.9 Å². The summed E-state index contributed by atoms with van der Waals surface area (Å²) >= 11 is 0. The first-order chi connectivity index (χ1) is 27.7. The zero-order chi connectivity index (χ0) is 40.9. The third-order valence-corrected chi connectivity index (χ3v) is 16.1. The number of imidazole rings is 1. The molecule has 58 heavy (non-hydrogen) atoms. The van der Waals surface area contributed by atoms with E-state index in [9.17, 15) is 26.4 Å². The highest BCUT2D eigenvalue weighted by Gasteiger charge is 2.44. The van der Waals surface area contributed by atoms with Gasteiger partial charge in [0.15, 0.2) is 0 Å². The lowest BCUT2D eigenvalue weighted by atomic mass is 9.96. The Morgan fingerprint density at radius 1 is 0.672 bits per heavy atom. The van der Waals surface area contributed by atoms with Crippen molar-refractivity contribution in [3.8, 4) is 22.4 Å². The standard InChI is InChI=1S/C43H55N7O6S2/c1-26(2)39(47-57(53,54)33-17-18-33)42(51)49-21-5-7-37(49)35-23-32(24-44-35)30-11-9-28(10-12-30)29-13-15-31(16-14-29)36-25-45-41(46-36)38-8-6-22-50(38)43(52)40(27(3)4)48-58(55,56)34-19-20-34/h9-16,24-27,33-34,37-40,47-48H,5-8,17-23H2,1-4H3,(H,45,46)/t37-,38?,39-,40-/m0/s1. The van der Waals surface area contributed by atoms with Crippen LogP contribution in [-0.2, 0) is 29.6 Å². The van der Waals surface area contributed by atoms with E-state index >= 15 is 0 Å². The number of allylic oxidation sites excluding steroid dienone is 1. The first-order valence-corrected chi connectivity index (χ1v) is 23.9. The van der Waals surface area contributed by atoms with Gasteiger partial charge in [0, 0.05) is 31.4 Å². The van der Waals surface area contributed by atoms with E-state index in [4.69, 9.17) is 4.99 Å². The van der Waals surface area contributed by atoms with Gasteiger partial charge in [0.1, 0.15) is 17.9 Å². The number of aromatic amines is 1. The molecule has 0 bridgehead atoms. The molecule has 3 N–H and O–H groups in total. The topological polar surface area (TPSA) is 174 Å². The molecule has 8 rings (SSSR count). The molecule has 2 saturated carbocycles. The third kappa shape index (κ3) is 8.45. The molecule has 2 aliphatic carbocycles. The fraction of sp³-hybridized carbons (Fsp3) is 0.535. The van der Waals surface area contributed by atoms with Crippen LogP contribution in [-0.4, -0.2) is 95.8 Å². The summed E-state index contributed by atoms with van der Waals surface area (Å²) in [5.74, 6) is -0.0273. The summed E-state index contributed by atoms with van der Waals surface area (Å²) in [6, 6.07) is 14.7. The van der Waals surface area contributed by atoms with Gasteiger partial charge in [0.25, 0.3) is 0 Å². The first-order valence-electron chi connectivity index (χ1n) is 20.8. The number of H-pyrrole nitrogens is 1. The Kier molecular flexibility index (Phi) is 11.3. The second-order valence-electron chi connectivity index (χ2n) is 17.3. The summed E-state index contributed by atoms with van der Waals surface area (Å²) in [5, 5.41) is -0.772. The van der Waals surface area contributed by atoms with Crippen molar-refractivity contribution in [2.24, 2.45) is 16.8 Å². The number of benzene rings is 2. The summed E-state index contributed by atoms with van der Waals surface area (Å²) in [7, 11) is -7.03. The van der Waals surface area contributed by atoms with Gasteiger partial charge in [0.2, 0.25) is 31.9 Å². The Bertz CT molecular complexity index is 2310. The van der Waals surface area contributed by atoms with Crippen LogP contribution in [0.25, 0.3) is 28.0 Å². The highest BCUT2D eigenvalue weighted by Crippen LogP contribution is 2.36. The Hall–Kier alpha value is -4.18. The first kappa shape index (κ1) is 40.6. The molecule has 4 fully saturated rings. The van der Waals surface area contributed by atoms with Crippen molar-refractivity contribution in [3.63, 3.8) is 0 Å². The van der Waals surface area contributed by atoms with Gasteiger partial charge in [0.05, 0.1) is 34.5 Å². The molecule has 4 atom stereocenters. The number of aliphatic imine (C=N–C) groups is 1. The largest absolute Gasteiger partial charge is 0.340 e. The number of likely N-dealkylation sites (tertiary alicyclic amines) is 2. The number of hydrogen-bond donors (Lipinski definition) is 3. The number of amides is 2. The van der Waals surface area contributed by atoms with Gasteiger partial charge in [-0.2, -0.15) is 0 Å². The molecule has 2 amide bonds. The quantitative estimate of drug-likeness (QED) is 0.174. The van der Waals surface area contributed by atoms with Gasteiger partial charge in [-0.3, -0.25) is 14.6 Å². The number of nitrogens with one attached hydrogen (secondary N) is 3. The number of nitrogens with zero attached hydrogens (tertiary/aromatic N) is 4. The van der Waals surface area contributed by atoms with E-state index in [0.717, 1.165) is 64.9 Å².